The van der Waals surface area contributed by atoms with Crippen LogP contribution in [0.5, 0.6) is 0 Å². The molecule has 2 aliphatic rings. The van der Waals surface area contributed by atoms with Crippen molar-refractivity contribution < 1.29 is 14.4 Å². The summed E-state index contributed by atoms with van der Waals surface area (Å²) in [7, 11) is 0. The number of rotatable bonds is 2. The van der Waals surface area contributed by atoms with Crippen LogP contribution >= 0.6 is 34.8 Å². The molecule has 0 spiro atoms. The molecule has 1 fully saturated rings. The average Bonchev–Trinajstić information content (AvgIpc) is 3.08. The van der Waals surface area contributed by atoms with Gasteiger partial charge in [-0.05, 0) is 24.3 Å². The van der Waals surface area contributed by atoms with Crippen LogP contribution in [0.15, 0.2) is 47.6 Å². The van der Waals surface area contributed by atoms with Crippen LogP contribution in [-0.4, -0.2) is 23.6 Å². The van der Waals surface area contributed by atoms with E-state index < -0.39 is 23.8 Å². The first-order chi connectivity index (χ1) is 12.0. The third kappa shape index (κ3) is 2.59. The Bertz CT molecular complexity index is 924. The van der Waals surface area contributed by atoms with Crippen LogP contribution < -0.4 is 4.90 Å². The Kier molecular flexibility index (Phi) is 3.95. The predicted molar refractivity (Wildman–Crippen MR) is 95.3 cm³/mol. The summed E-state index contributed by atoms with van der Waals surface area (Å²) in [4.78, 5) is 31.9. The second-order valence-electron chi connectivity index (χ2n) is 5.60. The Morgan fingerprint density at radius 1 is 0.960 bits per heavy atom. The van der Waals surface area contributed by atoms with Crippen molar-refractivity contribution in [2.24, 2.45) is 11.1 Å². The van der Waals surface area contributed by atoms with Gasteiger partial charge in [0.15, 0.2) is 0 Å². The van der Waals surface area contributed by atoms with Gasteiger partial charge in [0.25, 0.3) is 5.91 Å². The standard InChI is InChI=1S/C17H9Cl3N2O3/c18-8-5-9(19)7-10(6-8)22-16(23)13-14(21-25-15(13)17(22)24)11-3-1-2-4-12(11)20/h1-7,13,15H/t13-,15+/m0/s1. The lowest BCUT2D eigenvalue weighted by molar-refractivity contribution is -0.126. The summed E-state index contributed by atoms with van der Waals surface area (Å²) >= 11 is 18.2. The van der Waals surface area contributed by atoms with Gasteiger partial charge < -0.3 is 4.84 Å². The molecule has 2 amide bonds. The molecule has 25 heavy (non-hydrogen) atoms. The zero-order chi connectivity index (χ0) is 17.7. The van der Waals surface area contributed by atoms with E-state index in [1.165, 1.54) is 18.2 Å². The number of oxime groups is 1. The first kappa shape index (κ1) is 16.4. The Labute approximate surface area is 157 Å². The van der Waals surface area contributed by atoms with Gasteiger partial charge in [-0.3, -0.25) is 9.59 Å². The summed E-state index contributed by atoms with van der Waals surface area (Å²) in [6.07, 6.45) is -1.02. The number of hydrogen-bond acceptors (Lipinski definition) is 4. The minimum atomic E-state index is -1.02. The van der Waals surface area contributed by atoms with Crippen LogP contribution in [0.1, 0.15) is 5.56 Å². The predicted octanol–water partition coefficient (Wildman–Crippen LogP) is 3.94. The summed E-state index contributed by atoms with van der Waals surface area (Å²) in [5.41, 5.74) is 1.19. The van der Waals surface area contributed by atoms with Crippen molar-refractivity contribution in [3.63, 3.8) is 0 Å². The highest BCUT2D eigenvalue weighted by atomic mass is 35.5. The largest absolute Gasteiger partial charge is 0.381 e. The molecule has 8 heteroatoms. The first-order valence-electron chi connectivity index (χ1n) is 7.30. The smallest absolute Gasteiger partial charge is 0.278 e. The summed E-state index contributed by atoms with van der Waals surface area (Å²) in [5.74, 6) is -1.83. The van der Waals surface area contributed by atoms with Crippen molar-refractivity contribution >= 4 is 58.0 Å². The van der Waals surface area contributed by atoms with Gasteiger partial charge in [-0.1, -0.05) is 58.2 Å². The fourth-order valence-corrected chi connectivity index (χ4v) is 3.74. The number of halogens is 3. The van der Waals surface area contributed by atoms with Crippen molar-refractivity contribution in [1.29, 1.82) is 0 Å². The molecule has 0 unspecified atom stereocenters. The summed E-state index contributed by atoms with van der Waals surface area (Å²) in [5, 5.41) is 4.99. The number of amides is 2. The van der Waals surface area contributed by atoms with Crippen molar-refractivity contribution in [2.45, 2.75) is 6.10 Å². The van der Waals surface area contributed by atoms with E-state index in [4.69, 9.17) is 39.6 Å². The molecule has 5 nitrogen and oxygen atoms in total. The highest BCUT2D eigenvalue weighted by molar-refractivity contribution is 6.39. The van der Waals surface area contributed by atoms with Gasteiger partial charge in [0, 0.05) is 20.6 Å². The first-order valence-corrected chi connectivity index (χ1v) is 8.43. The zero-order valence-corrected chi connectivity index (χ0v) is 14.7. The lowest BCUT2D eigenvalue weighted by atomic mass is 9.94. The van der Waals surface area contributed by atoms with Crippen LogP contribution in [0.4, 0.5) is 5.69 Å². The fraction of sp³-hybridized carbons (Fsp3) is 0.118. The Morgan fingerprint density at radius 3 is 2.32 bits per heavy atom. The molecule has 2 aliphatic heterocycles. The van der Waals surface area contributed by atoms with Crippen LogP contribution in [-0.2, 0) is 14.4 Å². The molecule has 0 bridgehead atoms. The van der Waals surface area contributed by atoms with Crippen molar-refractivity contribution in [3.8, 4) is 0 Å². The lowest BCUT2D eigenvalue weighted by Gasteiger charge is -2.16. The van der Waals surface area contributed by atoms with E-state index in [1.807, 2.05) is 0 Å². The third-order valence-electron chi connectivity index (χ3n) is 4.07. The van der Waals surface area contributed by atoms with Gasteiger partial charge in [0.1, 0.15) is 11.6 Å². The number of carbonyl (C=O) groups excluding carboxylic acids is 2. The van der Waals surface area contributed by atoms with Gasteiger partial charge in [0.05, 0.1) is 5.69 Å². The van der Waals surface area contributed by atoms with E-state index in [2.05, 4.69) is 5.16 Å². The molecule has 4 rings (SSSR count). The molecule has 0 saturated carbocycles. The molecule has 0 aliphatic carbocycles. The highest BCUT2D eigenvalue weighted by Gasteiger charge is 2.56. The lowest BCUT2D eigenvalue weighted by Crippen LogP contribution is -2.33. The number of carbonyl (C=O) groups is 2. The SMILES string of the molecule is O=C1[C@H]2C(c3ccccc3Cl)=NO[C@H]2C(=O)N1c1cc(Cl)cc(Cl)c1. The Morgan fingerprint density at radius 2 is 1.64 bits per heavy atom. The molecule has 0 aromatic heterocycles. The minimum Gasteiger partial charge on any atom is -0.381 e. The van der Waals surface area contributed by atoms with E-state index in [-0.39, 0.29) is 0 Å². The second-order valence-corrected chi connectivity index (χ2v) is 6.88. The summed E-state index contributed by atoms with van der Waals surface area (Å²) in [6, 6.07) is 11.5. The van der Waals surface area contributed by atoms with Crippen molar-refractivity contribution in [3.05, 3.63) is 63.1 Å². The topological polar surface area (TPSA) is 59.0 Å². The maximum Gasteiger partial charge on any atom is 0.278 e. The normalized spacial score (nSPS) is 22.0. The Hall–Kier alpha value is -2.08. The van der Waals surface area contributed by atoms with Gasteiger partial charge >= 0.3 is 0 Å². The summed E-state index contributed by atoms with van der Waals surface area (Å²) < 4.78 is 0. The molecule has 0 radical (unpaired) electrons. The molecule has 2 atom stereocenters. The maximum atomic E-state index is 12.9. The molecule has 2 aromatic carbocycles. The quantitative estimate of drug-likeness (QED) is 0.724. The van der Waals surface area contributed by atoms with Crippen molar-refractivity contribution in [2.75, 3.05) is 4.90 Å². The van der Waals surface area contributed by atoms with Gasteiger partial charge in [-0.2, -0.15) is 0 Å². The van der Waals surface area contributed by atoms with Crippen LogP contribution in [0.2, 0.25) is 15.1 Å². The third-order valence-corrected chi connectivity index (χ3v) is 4.83. The maximum absolute atomic E-state index is 12.9. The number of fused-ring (bicyclic) bond motifs is 1. The number of hydrogen-bond donors (Lipinski definition) is 0. The molecular weight excluding hydrogens is 387 g/mol. The van der Waals surface area contributed by atoms with Gasteiger partial charge in [0.2, 0.25) is 12.0 Å². The molecule has 126 valence electrons. The van der Waals surface area contributed by atoms with E-state index in [9.17, 15) is 9.59 Å². The molecular formula is C17H9Cl3N2O3. The molecule has 2 heterocycles. The zero-order valence-electron chi connectivity index (χ0n) is 12.4. The van der Waals surface area contributed by atoms with Crippen molar-refractivity contribution in [1.82, 2.24) is 0 Å². The monoisotopic (exact) mass is 394 g/mol. The number of imide groups is 1. The second kappa shape index (κ2) is 6.02. The van der Waals surface area contributed by atoms with Crippen LogP contribution in [0.3, 0.4) is 0 Å². The number of benzene rings is 2. The van der Waals surface area contributed by atoms with Crippen LogP contribution in [0.25, 0.3) is 0 Å². The Balaban J connectivity index is 1.75. The molecule has 0 N–H and O–H groups in total. The number of nitrogens with zero attached hydrogens (tertiary/aromatic N) is 2. The highest BCUT2D eigenvalue weighted by Crippen LogP contribution is 2.37. The van der Waals surface area contributed by atoms with Gasteiger partial charge in [-0.15, -0.1) is 0 Å². The van der Waals surface area contributed by atoms with E-state index in [0.29, 0.717) is 32.0 Å². The fourth-order valence-electron chi connectivity index (χ4n) is 2.99. The van der Waals surface area contributed by atoms with E-state index in [0.717, 1.165) is 4.90 Å². The van der Waals surface area contributed by atoms with Crippen LogP contribution in [0, 0.1) is 5.92 Å². The van der Waals surface area contributed by atoms with E-state index in [1.54, 1.807) is 24.3 Å². The van der Waals surface area contributed by atoms with E-state index >= 15 is 0 Å². The summed E-state index contributed by atoms with van der Waals surface area (Å²) in [6.45, 7) is 0. The molecule has 1 saturated heterocycles. The van der Waals surface area contributed by atoms with Gasteiger partial charge in [-0.25, -0.2) is 4.90 Å². The average molecular weight is 396 g/mol. The minimum absolute atomic E-state index is 0.295. The number of anilines is 1. The molecule has 2 aromatic rings.